The second-order valence-electron chi connectivity index (χ2n) is 9.03. The Balaban J connectivity index is 3.06. The monoisotopic (exact) mass is 402 g/mol. The Bertz CT molecular complexity index is 532. The maximum Gasteiger partial charge on any atom is 0.119 e. The van der Waals surface area contributed by atoms with Gasteiger partial charge in [-0.05, 0) is 79.7 Å². The van der Waals surface area contributed by atoms with E-state index in [0.717, 1.165) is 12.8 Å². The molecule has 0 aromatic heterocycles. The first-order chi connectivity index (χ1) is 14.2. The number of phenolic OH excluding ortho intramolecular Hbond substituents is 1. The van der Waals surface area contributed by atoms with Crippen molar-refractivity contribution < 1.29 is 5.11 Å². The fourth-order valence-electron chi connectivity index (χ4n) is 4.52. The highest BCUT2D eigenvalue weighted by Gasteiger charge is 2.17. The van der Waals surface area contributed by atoms with Gasteiger partial charge in [0.25, 0.3) is 0 Å². The maximum absolute atomic E-state index is 11.0. The zero-order valence-corrected chi connectivity index (χ0v) is 20.3. The summed E-state index contributed by atoms with van der Waals surface area (Å²) in [7, 11) is 0. The first kappa shape index (κ1) is 26.1. The molecule has 0 aliphatic heterocycles. The van der Waals surface area contributed by atoms with Crippen molar-refractivity contribution in [1.29, 1.82) is 0 Å². The Kier molecular flexibility index (Phi) is 15.1. The van der Waals surface area contributed by atoms with Crippen LogP contribution in [0.25, 0.3) is 0 Å². The van der Waals surface area contributed by atoms with Crippen LogP contribution in [-0.2, 0) is 25.7 Å². The largest absolute Gasteiger partial charge is 0.508 e. The van der Waals surface area contributed by atoms with E-state index in [1.807, 2.05) is 0 Å². The van der Waals surface area contributed by atoms with E-state index in [9.17, 15) is 5.11 Å². The van der Waals surface area contributed by atoms with Crippen molar-refractivity contribution in [3.63, 3.8) is 0 Å². The standard InChI is InChI=1S/C28H50O/c1-5-9-13-15-17-21-26-25(20-12-8-4)24(19-11-7-3)23-28(29)27(26)22-18-16-14-10-6-2/h23,29H,5-22H2,1-4H3. The molecule has 29 heavy (non-hydrogen) atoms. The van der Waals surface area contributed by atoms with Crippen LogP contribution in [0, 0.1) is 0 Å². The Morgan fingerprint density at radius 3 is 1.48 bits per heavy atom. The van der Waals surface area contributed by atoms with Gasteiger partial charge in [0.1, 0.15) is 5.75 Å². The Morgan fingerprint density at radius 2 is 0.931 bits per heavy atom. The average molecular weight is 403 g/mol. The van der Waals surface area contributed by atoms with Gasteiger partial charge in [0.2, 0.25) is 0 Å². The minimum atomic E-state index is 0.593. The fourth-order valence-corrected chi connectivity index (χ4v) is 4.52. The summed E-state index contributed by atoms with van der Waals surface area (Å²) in [6, 6.07) is 2.14. The number of phenols is 1. The molecule has 1 heteroatoms. The molecular weight excluding hydrogens is 352 g/mol. The number of hydrogen-bond acceptors (Lipinski definition) is 1. The van der Waals surface area contributed by atoms with Crippen molar-refractivity contribution in [2.75, 3.05) is 0 Å². The Hall–Kier alpha value is -0.980. The summed E-state index contributed by atoms with van der Waals surface area (Å²) in [6.45, 7) is 9.13. The van der Waals surface area contributed by atoms with Crippen LogP contribution in [0.15, 0.2) is 6.07 Å². The minimum absolute atomic E-state index is 0.593. The third-order valence-corrected chi connectivity index (χ3v) is 6.38. The van der Waals surface area contributed by atoms with E-state index >= 15 is 0 Å². The van der Waals surface area contributed by atoms with Gasteiger partial charge in [-0.1, -0.05) is 91.9 Å². The van der Waals surface area contributed by atoms with Crippen LogP contribution in [0.5, 0.6) is 5.75 Å². The molecule has 0 amide bonds. The quantitative estimate of drug-likeness (QED) is 0.243. The topological polar surface area (TPSA) is 20.2 Å². The van der Waals surface area contributed by atoms with Crippen molar-refractivity contribution in [2.24, 2.45) is 0 Å². The first-order valence-corrected chi connectivity index (χ1v) is 13.0. The summed E-state index contributed by atoms with van der Waals surface area (Å²) in [5.41, 5.74) is 5.88. The van der Waals surface area contributed by atoms with Crippen molar-refractivity contribution in [3.8, 4) is 5.75 Å². The van der Waals surface area contributed by atoms with Gasteiger partial charge in [-0.25, -0.2) is 0 Å². The fraction of sp³-hybridized carbons (Fsp3) is 0.786. The lowest BCUT2D eigenvalue weighted by Gasteiger charge is -2.21. The molecule has 1 rings (SSSR count). The van der Waals surface area contributed by atoms with E-state index < -0.39 is 0 Å². The third-order valence-electron chi connectivity index (χ3n) is 6.38. The molecule has 1 aromatic carbocycles. The van der Waals surface area contributed by atoms with Gasteiger partial charge >= 0.3 is 0 Å². The number of unbranched alkanes of at least 4 members (excludes halogenated alkanes) is 10. The van der Waals surface area contributed by atoms with Crippen molar-refractivity contribution >= 4 is 0 Å². The van der Waals surface area contributed by atoms with Crippen LogP contribution in [0.2, 0.25) is 0 Å². The lowest BCUT2D eigenvalue weighted by Crippen LogP contribution is -2.07. The average Bonchev–Trinajstić information content (AvgIpc) is 2.72. The van der Waals surface area contributed by atoms with Crippen LogP contribution < -0.4 is 0 Å². The van der Waals surface area contributed by atoms with E-state index in [0.29, 0.717) is 5.75 Å². The summed E-state index contributed by atoms with van der Waals surface area (Å²) < 4.78 is 0. The predicted molar refractivity (Wildman–Crippen MR) is 130 cm³/mol. The number of hydrogen-bond donors (Lipinski definition) is 1. The van der Waals surface area contributed by atoms with E-state index in [1.165, 1.54) is 119 Å². The molecule has 0 heterocycles. The molecule has 1 nitrogen and oxygen atoms in total. The zero-order chi connectivity index (χ0) is 21.3. The molecular formula is C28H50O. The molecule has 0 radical (unpaired) electrons. The molecule has 0 saturated heterocycles. The normalized spacial score (nSPS) is 11.3. The lowest BCUT2D eigenvalue weighted by molar-refractivity contribution is 0.462. The zero-order valence-electron chi connectivity index (χ0n) is 20.3. The molecule has 168 valence electrons. The third kappa shape index (κ3) is 10.1. The van der Waals surface area contributed by atoms with Gasteiger partial charge in [0.05, 0.1) is 0 Å². The van der Waals surface area contributed by atoms with Crippen molar-refractivity contribution in [3.05, 3.63) is 28.3 Å². The summed E-state index contributed by atoms with van der Waals surface area (Å²) in [5.74, 6) is 0.593. The summed E-state index contributed by atoms with van der Waals surface area (Å²) in [4.78, 5) is 0. The summed E-state index contributed by atoms with van der Waals surface area (Å²) in [6.07, 6.45) is 22.6. The van der Waals surface area contributed by atoms with Crippen LogP contribution in [0.3, 0.4) is 0 Å². The highest BCUT2D eigenvalue weighted by molar-refractivity contribution is 5.50. The van der Waals surface area contributed by atoms with E-state index in [1.54, 1.807) is 5.56 Å². The molecule has 0 aliphatic carbocycles. The predicted octanol–water partition coefficient (Wildman–Crippen LogP) is 9.10. The molecule has 0 saturated carbocycles. The highest BCUT2D eigenvalue weighted by Crippen LogP contribution is 2.33. The van der Waals surface area contributed by atoms with Gasteiger partial charge in [-0.2, -0.15) is 0 Å². The van der Waals surface area contributed by atoms with Gasteiger partial charge < -0.3 is 5.11 Å². The summed E-state index contributed by atoms with van der Waals surface area (Å²) >= 11 is 0. The molecule has 0 aliphatic rings. The van der Waals surface area contributed by atoms with Crippen LogP contribution >= 0.6 is 0 Å². The van der Waals surface area contributed by atoms with Crippen LogP contribution in [0.4, 0.5) is 0 Å². The molecule has 0 spiro atoms. The molecule has 0 unspecified atom stereocenters. The lowest BCUT2D eigenvalue weighted by atomic mass is 9.85. The SMILES string of the molecule is CCCCCCCc1c(O)cc(CCCC)c(CCCC)c1CCCCCCC. The maximum atomic E-state index is 11.0. The van der Waals surface area contributed by atoms with Crippen molar-refractivity contribution in [2.45, 2.75) is 143 Å². The van der Waals surface area contributed by atoms with Gasteiger partial charge in [0, 0.05) is 0 Å². The first-order valence-electron chi connectivity index (χ1n) is 13.0. The molecule has 0 bridgehead atoms. The number of rotatable bonds is 18. The molecule has 0 atom stereocenters. The summed E-state index contributed by atoms with van der Waals surface area (Å²) in [5, 5.41) is 11.0. The molecule has 0 fully saturated rings. The number of aromatic hydroxyl groups is 1. The van der Waals surface area contributed by atoms with E-state index in [-0.39, 0.29) is 0 Å². The van der Waals surface area contributed by atoms with Gasteiger partial charge in [0.15, 0.2) is 0 Å². The van der Waals surface area contributed by atoms with Crippen LogP contribution in [0.1, 0.15) is 140 Å². The van der Waals surface area contributed by atoms with E-state index in [2.05, 4.69) is 33.8 Å². The number of benzene rings is 1. The second-order valence-corrected chi connectivity index (χ2v) is 9.03. The Labute approximate surface area is 182 Å². The van der Waals surface area contributed by atoms with E-state index in [4.69, 9.17) is 0 Å². The highest BCUT2D eigenvalue weighted by atomic mass is 16.3. The van der Waals surface area contributed by atoms with Crippen LogP contribution in [-0.4, -0.2) is 5.11 Å². The van der Waals surface area contributed by atoms with Crippen molar-refractivity contribution in [1.82, 2.24) is 0 Å². The molecule has 1 aromatic rings. The van der Waals surface area contributed by atoms with Gasteiger partial charge in [-0.3, -0.25) is 0 Å². The number of aryl methyl sites for hydroxylation is 1. The second kappa shape index (κ2) is 16.8. The molecule has 1 N–H and O–H groups in total. The minimum Gasteiger partial charge on any atom is -0.508 e. The smallest absolute Gasteiger partial charge is 0.119 e. The van der Waals surface area contributed by atoms with Gasteiger partial charge in [-0.15, -0.1) is 0 Å². The Morgan fingerprint density at radius 1 is 0.483 bits per heavy atom.